The van der Waals surface area contributed by atoms with Crippen LogP contribution in [0.5, 0.6) is 0 Å². The molecule has 0 heterocycles. The van der Waals surface area contributed by atoms with Gasteiger partial charge in [0.15, 0.2) is 0 Å². The minimum absolute atomic E-state index is 0.520. The SMILES string of the molecule is CC(C)C/C(C=O)=C/CCOCc1ccccc1. The highest BCUT2D eigenvalue weighted by Gasteiger charge is 1.99. The van der Waals surface area contributed by atoms with Gasteiger partial charge in [-0.2, -0.15) is 0 Å². The zero-order valence-electron chi connectivity index (χ0n) is 11.3. The van der Waals surface area contributed by atoms with Gasteiger partial charge in [-0.1, -0.05) is 50.3 Å². The Labute approximate surface area is 110 Å². The summed E-state index contributed by atoms with van der Waals surface area (Å²) < 4.78 is 5.56. The lowest BCUT2D eigenvalue weighted by Gasteiger charge is -2.05. The van der Waals surface area contributed by atoms with Crippen LogP contribution in [0.25, 0.3) is 0 Å². The third-order valence-electron chi connectivity index (χ3n) is 2.58. The van der Waals surface area contributed by atoms with Gasteiger partial charge >= 0.3 is 0 Å². The quantitative estimate of drug-likeness (QED) is 0.396. The second-order valence-corrected chi connectivity index (χ2v) is 4.82. The molecule has 1 aromatic rings. The Kier molecular flexibility index (Phi) is 7.04. The van der Waals surface area contributed by atoms with Crippen LogP contribution >= 0.6 is 0 Å². The van der Waals surface area contributed by atoms with E-state index in [2.05, 4.69) is 13.8 Å². The number of benzene rings is 1. The Bertz CT molecular complexity index is 366. The Morgan fingerprint density at radius 1 is 1.28 bits per heavy atom. The molecule has 0 bridgehead atoms. The molecule has 0 atom stereocenters. The summed E-state index contributed by atoms with van der Waals surface area (Å²) in [6.45, 7) is 5.52. The van der Waals surface area contributed by atoms with Gasteiger partial charge in [0.1, 0.15) is 6.29 Å². The van der Waals surface area contributed by atoms with Gasteiger partial charge in [-0.15, -0.1) is 0 Å². The number of ether oxygens (including phenoxy) is 1. The van der Waals surface area contributed by atoms with Crippen molar-refractivity contribution in [1.29, 1.82) is 0 Å². The van der Waals surface area contributed by atoms with Gasteiger partial charge in [0.25, 0.3) is 0 Å². The summed E-state index contributed by atoms with van der Waals surface area (Å²) in [6.07, 6.45) is 4.59. The number of aldehydes is 1. The zero-order chi connectivity index (χ0) is 13.2. The van der Waals surface area contributed by atoms with Crippen LogP contribution in [0.2, 0.25) is 0 Å². The van der Waals surface area contributed by atoms with E-state index in [9.17, 15) is 4.79 Å². The van der Waals surface area contributed by atoms with Gasteiger partial charge < -0.3 is 4.74 Å². The summed E-state index contributed by atoms with van der Waals surface area (Å²) in [5.74, 6) is 0.520. The number of allylic oxidation sites excluding steroid dienone is 1. The summed E-state index contributed by atoms with van der Waals surface area (Å²) in [5.41, 5.74) is 2.06. The van der Waals surface area contributed by atoms with E-state index in [-0.39, 0.29) is 0 Å². The van der Waals surface area contributed by atoms with Crippen LogP contribution in [0.4, 0.5) is 0 Å². The normalized spacial score (nSPS) is 11.8. The van der Waals surface area contributed by atoms with Crippen LogP contribution in [0.3, 0.4) is 0 Å². The monoisotopic (exact) mass is 246 g/mol. The minimum atomic E-state index is 0.520. The van der Waals surface area contributed by atoms with Crippen LogP contribution in [0, 0.1) is 5.92 Å². The van der Waals surface area contributed by atoms with Crippen molar-refractivity contribution in [2.24, 2.45) is 5.92 Å². The minimum Gasteiger partial charge on any atom is -0.376 e. The van der Waals surface area contributed by atoms with Gasteiger partial charge in [0, 0.05) is 0 Å². The lowest BCUT2D eigenvalue weighted by Crippen LogP contribution is -1.97. The molecular weight excluding hydrogens is 224 g/mol. The number of carbonyl (C=O) groups is 1. The first-order valence-corrected chi connectivity index (χ1v) is 6.48. The first kappa shape index (κ1) is 14.7. The number of hydrogen-bond acceptors (Lipinski definition) is 2. The standard InChI is InChI=1S/C16H22O2/c1-14(2)11-16(12-17)9-6-10-18-13-15-7-4-3-5-8-15/h3-5,7-9,12,14H,6,10-11,13H2,1-2H3/b16-9-. The zero-order valence-corrected chi connectivity index (χ0v) is 11.3. The van der Waals surface area contributed by atoms with Gasteiger partial charge in [0.2, 0.25) is 0 Å². The topological polar surface area (TPSA) is 26.3 Å². The Morgan fingerprint density at radius 3 is 2.61 bits per heavy atom. The molecular formula is C16H22O2. The van der Waals surface area contributed by atoms with Crippen molar-refractivity contribution in [3.63, 3.8) is 0 Å². The highest BCUT2D eigenvalue weighted by molar-refractivity contribution is 5.72. The van der Waals surface area contributed by atoms with Crippen molar-refractivity contribution in [1.82, 2.24) is 0 Å². The van der Waals surface area contributed by atoms with E-state index in [0.717, 1.165) is 24.7 Å². The molecule has 0 fully saturated rings. The summed E-state index contributed by atoms with van der Waals surface area (Å²) in [4.78, 5) is 10.8. The Balaban J connectivity index is 2.21. The van der Waals surface area contributed by atoms with Crippen LogP contribution in [-0.2, 0) is 16.1 Å². The molecule has 0 radical (unpaired) electrons. The highest BCUT2D eigenvalue weighted by Crippen LogP contribution is 2.09. The predicted molar refractivity (Wildman–Crippen MR) is 74.3 cm³/mol. The van der Waals surface area contributed by atoms with Crippen molar-refractivity contribution in [2.75, 3.05) is 6.61 Å². The van der Waals surface area contributed by atoms with E-state index >= 15 is 0 Å². The van der Waals surface area contributed by atoms with Crippen LogP contribution < -0.4 is 0 Å². The van der Waals surface area contributed by atoms with Crippen molar-refractivity contribution in [2.45, 2.75) is 33.3 Å². The smallest absolute Gasteiger partial charge is 0.145 e. The van der Waals surface area contributed by atoms with E-state index < -0.39 is 0 Å². The first-order valence-electron chi connectivity index (χ1n) is 6.48. The van der Waals surface area contributed by atoms with Crippen LogP contribution in [-0.4, -0.2) is 12.9 Å². The van der Waals surface area contributed by atoms with Crippen molar-refractivity contribution in [3.05, 3.63) is 47.5 Å². The molecule has 1 aromatic carbocycles. The maximum Gasteiger partial charge on any atom is 0.145 e. The summed E-state index contributed by atoms with van der Waals surface area (Å²) in [5, 5.41) is 0. The van der Waals surface area contributed by atoms with Crippen LogP contribution in [0.15, 0.2) is 42.0 Å². The fourth-order valence-corrected chi connectivity index (χ4v) is 1.74. The average molecular weight is 246 g/mol. The van der Waals surface area contributed by atoms with Gasteiger partial charge in [-0.3, -0.25) is 4.79 Å². The molecule has 0 N–H and O–H groups in total. The molecule has 0 amide bonds. The van der Waals surface area contributed by atoms with E-state index in [4.69, 9.17) is 4.74 Å². The Morgan fingerprint density at radius 2 is 2.00 bits per heavy atom. The molecule has 2 nitrogen and oxygen atoms in total. The number of carbonyl (C=O) groups excluding carboxylic acids is 1. The molecule has 0 aliphatic carbocycles. The molecule has 0 unspecified atom stereocenters. The van der Waals surface area contributed by atoms with Gasteiger partial charge in [-0.05, 0) is 29.9 Å². The molecule has 0 spiro atoms. The van der Waals surface area contributed by atoms with E-state index in [0.29, 0.717) is 19.1 Å². The molecule has 2 heteroatoms. The second kappa shape index (κ2) is 8.65. The first-order chi connectivity index (χ1) is 8.72. The van der Waals surface area contributed by atoms with Gasteiger partial charge in [0.05, 0.1) is 13.2 Å². The van der Waals surface area contributed by atoms with E-state index in [1.165, 1.54) is 5.56 Å². The predicted octanol–water partition coefficient (Wildman–Crippen LogP) is 3.76. The molecule has 1 rings (SSSR count). The molecule has 0 aliphatic heterocycles. The highest BCUT2D eigenvalue weighted by atomic mass is 16.5. The third-order valence-corrected chi connectivity index (χ3v) is 2.58. The maximum absolute atomic E-state index is 10.8. The second-order valence-electron chi connectivity index (χ2n) is 4.82. The molecule has 0 saturated carbocycles. The molecule has 98 valence electrons. The van der Waals surface area contributed by atoms with E-state index in [1.807, 2.05) is 36.4 Å². The van der Waals surface area contributed by atoms with Crippen LogP contribution in [0.1, 0.15) is 32.3 Å². The Hall–Kier alpha value is -1.41. The molecule has 18 heavy (non-hydrogen) atoms. The summed E-state index contributed by atoms with van der Waals surface area (Å²) in [7, 11) is 0. The third kappa shape index (κ3) is 6.36. The maximum atomic E-state index is 10.8. The largest absolute Gasteiger partial charge is 0.376 e. The molecule has 0 aromatic heterocycles. The lowest BCUT2D eigenvalue weighted by atomic mass is 10.0. The lowest BCUT2D eigenvalue weighted by molar-refractivity contribution is -0.105. The number of rotatable bonds is 8. The number of hydrogen-bond donors (Lipinski definition) is 0. The summed E-state index contributed by atoms with van der Waals surface area (Å²) >= 11 is 0. The van der Waals surface area contributed by atoms with Crippen molar-refractivity contribution < 1.29 is 9.53 Å². The van der Waals surface area contributed by atoms with Crippen molar-refractivity contribution >= 4 is 6.29 Å². The molecule has 0 aliphatic rings. The van der Waals surface area contributed by atoms with Crippen molar-refractivity contribution in [3.8, 4) is 0 Å². The average Bonchev–Trinajstić information content (AvgIpc) is 2.37. The van der Waals surface area contributed by atoms with Gasteiger partial charge in [-0.25, -0.2) is 0 Å². The fourth-order valence-electron chi connectivity index (χ4n) is 1.74. The summed E-state index contributed by atoms with van der Waals surface area (Å²) in [6, 6.07) is 10.1. The van der Waals surface area contributed by atoms with E-state index in [1.54, 1.807) is 0 Å². The molecule has 0 saturated heterocycles. The fraction of sp³-hybridized carbons (Fsp3) is 0.438.